The minimum absolute atomic E-state index is 0.00583. The topological polar surface area (TPSA) is 35.2 Å². The zero-order valence-corrected chi connectivity index (χ0v) is 12.6. The van der Waals surface area contributed by atoms with Crippen LogP contribution in [0.4, 0.5) is 0 Å². The van der Waals surface area contributed by atoms with Crippen molar-refractivity contribution in [3.8, 4) is 0 Å². The van der Waals surface area contributed by atoms with Gasteiger partial charge in [0, 0.05) is 20.8 Å². The number of halogens is 1. The summed E-state index contributed by atoms with van der Waals surface area (Å²) in [5.74, 6) is 0.504. The number of thiophene rings is 1. The summed E-state index contributed by atoms with van der Waals surface area (Å²) < 4.78 is 7.13. The summed E-state index contributed by atoms with van der Waals surface area (Å²) in [5.41, 5.74) is 5.99. The lowest BCUT2D eigenvalue weighted by Gasteiger charge is -2.26. The van der Waals surface area contributed by atoms with Crippen molar-refractivity contribution in [2.45, 2.75) is 45.9 Å². The molecule has 1 aromatic rings. The molecule has 3 unspecified atom stereocenters. The first-order valence-corrected chi connectivity index (χ1v) is 7.24. The maximum atomic E-state index is 6.04. The summed E-state index contributed by atoms with van der Waals surface area (Å²) >= 11 is 5.15. The van der Waals surface area contributed by atoms with E-state index in [1.54, 1.807) is 11.3 Å². The fraction of sp³-hybridized carbons (Fsp3) is 0.667. The summed E-state index contributed by atoms with van der Waals surface area (Å²) in [4.78, 5) is 1.19. The molecular weight excluding hydrogens is 286 g/mol. The molecule has 0 aliphatic carbocycles. The van der Waals surface area contributed by atoms with Gasteiger partial charge in [-0.15, -0.1) is 11.3 Å². The van der Waals surface area contributed by atoms with E-state index < -0.39 is 0 Å². The van der Waals surface area contributed by atoms with Crippen molar-refractivity contribution in [3.63, 3.8) is 0 Å². The van der Waals surface area contributed by atoms with Gasteiger partial charge in [-0.2, -0.15) is 0 Å². The summed E-state index contributed by atoms with van der Waals surface area (Å²) in [6.45, 7) is 8.41. The first-order valence-electron chi connectivity index (χ1n) is 5.56. The molecule has 0 spiro atoms. The highest BCUT2D eigenvalue weighted by Gasteiger charge is 2.22. The Morgan fingerprint density at radius 2 is 1.94 bits per heavy atom. The average Bonchev–Trinajstić information content (AvgIpc) is 2.59. The SMILES string of the molecule is CC(C)C(C)OC(c1cc(Br)cs1)C(C)N. The number of ether oxygens (including phenoxy) is 1. The van der Waals surface area contributed by atoms with E-state index in [4.69, 9.17) is 10.5 Å². The van der Waals surface area contributed by atoms with E-state index in [1.165, 1.54) is 4.88 Å². The van der Waals surface area contributed by atoms with Crippen molar-refractivity contribution >= 4 is 27.3 Å². The van der Waals surface area contributed by atoms with E-state index >= 15 is 0 Å². The third kappa shape index (κ3) is 3.84. The van der Waals surface area contributed by atoms with E-state index in [2.05, 4.69) is 48.1 Å². The Morgan fingerprint density at radius 1 is 1.31 bits per heavy atom. The third-order valence-electron chi connectivity index (χ3n) is 2.65. The van der Waals surface area contributed by atoms with Gasteiger partial charge >= 0.3 is 0 Å². The Balaban J connectivity index is 2.76. The van der Waals surface area contributed by atoms with Gasteiger partial charge in [-0.3, -0.25) is 0 Å². The zero-order chi connectivity index (χ0) is 12.3. The van der Waals surface area contributed by atoms with Gasteiger partial charge in [-0.1, -0.05) is 13.8 Å². The quantitative estimate of drug-likeness (QED) is 0.893. The van der Waals surface area contributed by atoms with Gasteiger partial charge in [0.1, 0.15) is 6.10 Å². The first kappa shape index (κ1) is 14.2. The zero-order valence-electron chi connectivity index (χ0n) is 10.2. The molecule has 16 heavy (non-hydrogen) atoms. The standard InChI is InChI=1S/C12H20BrNOS/c1-7(2)9(4)15-12(8(3)14)11-5-10(13)6-16-11/h5-9,12H,14H2,1-4H3. The minimum atomic E-state index is -0.00583. The minimum Gasteiger partial charge on any atom is -0.368 e. The van der Waals surface area contributed by atoms with E-state index in [9.17, 15) is 0 Å². The van der Waals surface area contributed by atoms with E-state index in [0.717, 1.165) is 4.47 Å². The molecule has 0 fully saturated rings. The second-order valence-corrected chi connectivity index (χ2v) is 6.39. The van der Waals surface area contributed by atoms with Crippen LogP contribution in [0.3, 0.4) is 0 Å². The highest BCUT2D eigenvalue weighted by atomic mass is 79.9. The van der Waals surface area contributed by atoms with Gasteiger partial charge in [-0.05, 0) is 41.8 Å². The van der Waals surface area contributed by atoms with Crippen LogP contribution < -0.4 is 5.73 Å². The Bertz CT molecular complexity index is 325. The van der Waals surface area contributed by atoms with Crippen LogP contribution in [-0.4, -0.2) is 12.1 Å². The lowest BCUT2D eigenvalue weighted by Crippen LogP contribution is -2.30. The molecule has 0 aliphatic heterocycles. The van der Waals surface area contributed by atoms with Crippen LogP contribution in [0, 0.1) is 5.92 Å². The van der Waals surface area contributed by atoms with E-state index in [0.29, 0.717) is 5.92 Å². The second kappa shape index (κ2) is 6.15. The first-order chi connectivity index (χ1) is 7.41. The molecule has 0 saturated heterocycles. The highest BCUT2D eigenvalue weighted by molar-refractivity contribution is 9.10. The number of nitrogens with two attached hydrogens (primary N) is 1. The molecule has 1 rings (SSSR count). The molecule has 2 nitrogen and oxygen atoms in total. The molecular formula is C12H20BrNOS. The van der Waals surface area contributed by atoms with Crippen LogP contribution in [0.5, 0.6) is 0 Å². The van der Waals surface area contributed by atoms with Gasteiger partial charge in [0.15, 0.2) is 0 Å². The van der Waals surface area contributed by atoms with Crippen molar-refractivity contribution in [1.29, 1.82) is 0 Å². The lowest BCUT2D eigenvalue weighted by atomic mass is 10.1. The van der Waals surface area contributed by atoms with Crippen LogP contribution in [-0.2, 0) is 4.74 Å². The van der Waals surface area contributed by atoms with Gasteiger partial charge in [-0.25, -0.2) is 0 Å². The number of rotatable bonds is 5. The van der Waals surface area contributed by atoms with Crippen LogP contribution >= 0.6 is 27.3 Å². The monoisotopic (exact) mass is 305 g/mol. The van der Waals surface area contributed by atoms with E-state index in [1.807, 2.05) is 6.92 Å². The average molecular weight is 306 g/mol. The molecule has 3 atom stereocenters. The molecule has 0 aromatic carbocycles. The molecule has 0 bridgehead atoms. The number of hydrogen-bond donors (Lipinski definition) is 1. The van der Waals surface area contributed by atoms with Gasteiger partial charge in [0.25, 0.3) is 0 Å². The maximum absolute atomic E-state index is 6.04. The molecule has 2 N–H and O–H groups in total. The Kier molecular flexibility index (Phi) is 5.44. The summed E-state index contributed by atoms with van der Waals surface area (Å²) in [6, 6.07) is 2.10. The van der Waals surface area contributed by atoms with Crippen LogP contribution in [0.15, 0.2) is 15.9 Å². The van der Waals surface area contributed by atoms with Gasteiger partial charge in [0.05, 0.1) is 6.10 Å². The molecule has 0 radical (unpaired) electrons. The normalized spacial score (nSPS) is 17.4. The van der Waals surface area contributed by atoms with Crippen LogP contribution in [0.25, 0.3) is 0 Å². The maximum Gasteiger partial charge on any atom is 0.107 e. The van der Waals surface area contributed by atoms with Crippen molar-refractivity contribution in [1.82, 2.24) is 0 Å². The fourth-order valence-electron chi connectivity index (χ4n) is 1.32. The summed E-state index contributed by atoms with van der Waals surface area (Å²) in [5, 5.41) is 2.06. The molecule has 0 aliphatic rings. The van der Waals surface area contributed by atoms with E-state index in [-0.39, 0.29) is 18.2 Å². The van der Waals surface area contributed by atoms with Crippen molar-refractivity contribution in [2.24, 2.45) is 11.7 Å². The molecule has 4 heteroatoms. The van der Waals surface area contributed by atoms with Crippen molar-refractivity contribution in [2.75, 3.05) is 0 Å². The van der Waals surface area contributed by atoms with Crippen LogP contribution in [0.1, 0.15) is 38.7 Å². The fourth-order valence-corrected chi connectivity index (χ4v) is 2.91. The predicted octanol–water partition coefficient (Wildman–Crippen LogP) is 3.96. The lowest BCUT2D eigenvalue weighted by molar-refractivity contribution is -0.0346. The predicted molar refractivity (Wildman–Crippen MR) is 73.8 cm³/mol. The Labute approximate surface area is 110 Å². The smallest absolute Gasteiger partial charge is 0.107 e. The Hall–Kier alpha value is 0.1000. The molecule has 0 amide bonds. The molecule has 92 valence electrons. The molecule has 1 aromatic heterocycles. The third-order valence-corrected chi connectivity index (χ3v) is 4.40. The van der Waals surface area contributed by atoms with Crippen molar-refractivity contribution in [3.05, 3.63) is 20.8 Å². The van der Waals surface area contributed by atoms with Gasteiger partial charge in [0.2, 0.25) is 0 Å². The van der Waals surface area contributed by atoms with Crippen molar-refractivity contribution < 1.29 is 4.74 Å². The largest absolute Gasteiger partial charge is 0.368 e. The molecule has 1 heterocycles. The van der Waals surface area contributed by atoms with Gasteiger partial charge < -0.3 is 10.5 Å². The number of hydrogen-bond acceptors (Lipinski definition) is 3. The second-order valence-electron chi connectivity index (χ2n) is 4.53. The summed E-state index contributed by atoms with van der Waals surface area (Å²) in [6.07, 6.45) is 0.213. The summed E-state index contributed by atoms with van der Waals surface area (Å²) in [7, 11) is 0. The Morgan fingerprint density at radius 3 is 2.31 bits per heavy atom. The van der Waals surface area contributed by atoms with Crippen LogP contribution in [0.2, 0.25) is 0 Å². The molecule has 0 saturated carbocycles. The highest BCUT2D eigenvalue weighted by Crippen LogP contribution is 2.31.